The quantitative estimate of drug-likeness (QED) is 0.790. The van der Waals surface area contributed by atoms with Gasteiger partial charge in [0.25, 0.3) is 0 Å². The first-order valence-corrected chi connectivity index (χ1v) is 9.88. The van der Waals surface area contributed by atoms with Crippen LogP contribution >= 0.6 is 0 Å². The molecule has 4 rings (SSSR count). The number of ether oxygens (including phenoxy) is 1. The standard InChI is InChI=1S/C19H29N5O2/c25-19-14-26-17(9-22-18-10-20-5-6-21-18)13-24(19)12-16-3-7-23(8-4-16)11-15-1-2-15/h5-6,10,15-17H,1-4,7-9,11-14H2,(H,21,22). The normalized spacial score (nSPS) is 25.5. The van der Waals surface area contributed by atoms with Crippen molar-refractivity contribution in [2.45, 2.75) is 31.8 Å². The van der Waals surface area contributed by atoms with Gasteiger partial charge in [-0.1, -0.05) is 0 Å². The molecule has 1 aromatic rings. The van der Waals surface area contributed by atoms with Crippen LogP contribution in [0.5, 0.6) is 0 Å². The Hall–Kier alpha value is -1.73. The maximum atomic E-state index is 12.3. The fourth-order valence-electron chi connectivity index (χ4n) is 3.92. The number of anilines is 1. The van der Waals surface area contributed by atoms with Crippen LogP contribution in [0.25, 0.3) is 0 Å². The molecule has 3 aliphatic rings. The number of nitrogens with one attached hydrogen (secondary N) is 1. The zero-order chi connectivity index (χ0) is 17.8. The Bertz CT molecular complexity index is 587. The number of likely N-dealkylation sites (tertiary alicyclic amines) is 1. The molecular formula is C19H29N5O2. The zero-order valence-corrected chi connectivity index (χ0v) is 15.3. The Kier molecular flexibility index (Phi) is 5.65. The van der Waals surface area contributed by atoms with E-state index in [1.54, 1.807) is 18.6 Å². The van der Waals surface area contributed by atoms with Gasteiger partial charge in [0.1, 0.15) is 12.4 Å². The number of amides is 1. The molecule has 3 heterocycles. The van der Waals surface area contributed by atoms with E-state index in [1.165, 1.54) is 45.3 Å². The highest BCUT2D eigenvalue weighted by Gasteiger charge is 2.31. The van der Waals surface area contributed by atoms with E-state index >= 15 is 0 Å². The highest BCUT2D eigenvalue weighted by Crippen LogP contribution is 2.31. The molecule has 1 amide bonds. The Morgan fingerprint density at radius 1 is 1.12 bits per heavy atom. The van der Waals surface area contributed by atoms with Crippen molar-refractivity contribution in [3.63, 3.8) is 0 Å². The Morgan fingerprint density at radius 3 is 2.65 bits per heavy atom. The molecule has 7 heteroatoms. The molecule has 1 aromatic heterocycles. The van der Waals surface area contributed by atoms with Crippen molar-refractivity contribution in [2.75, 3.05) is 51.2 Å². The molecule has 1 aliphatic carbocycles. The number of morpholine rings is 1. The molecule has 1 unspecified atom stereocenters. The molecule has 26 heavy (non-hydrogen) atoms. The summed E-state index contributed by atoms with van der Waals surface area (Å²) in [5.74, 6) is 2.46. The van der Waals surface area contributed by atoms with Crippen LogP contribution in [0, 0.1) is 11.8 Å². The van der Waals surface area contributed by atoms with Gasteiger partial charge in [0.05, 0.1) is 12.3 Å². The fraction of sp³-hybridized carbons (Fsp3) is 0.737. The van der Waals surface area contributed by atoms with Gasteiger partial charge in [-0.3, -0.25) is 9.78 Å². The number of carbonyl (C=O) groups excluding carboxylic acids is 1. The average molecular weight is 359 g/mol. The van der Waals surface area contributed by atoms with Crippen molar-refractivity contribution in [2.24, 2.45) is 11.8 Å². The molecular weight excluding hydrogens is 330 g/mol. The summed E-state index contributed by atoms with van der Waals surface area (Å²) in [5.41, 5.74) is 0. The summed E-state index contributed by atoms with van der Waals surface area (Å²) in [6, 6.07) is 0. The predicted molar refractivity (Wildman–Crippen MR) is 98.7 cm³/mol. The van der Waals surface area contributed by atoms with Crippen LogP contribution in [0.2, 0.25) is 0 Å². The second-order valence-electron chi connectivity index (χ2n) is 7.89. The van der Waals surface area contributed by atoms with E-state index in [0.29, 0.717) is 19.0 Å². The van der Waals surface area contributed by atoms with Crippen molar-refractivity contribution in [1.29, 1.82) is 0 Å². The van der Waals surface area contributed by atoms with Crippen LogP contribution in [-0.4, -0.2) is 77.7 Å². The lowest BCUT2D eigenvalue weighted by Gasteiger charge is -2.38. The minimum atomic E-state index is 0.00432. The summed E-state index contributed by atoms with van der Waals surface area (Å²) in [6.07, 6.45) is 10.3. The van der Waals surface area contributed by atoms with E-state index < -0.39 is 0 Å². The third kappa shape index (κ3) is 4.92. The molecule has 2 saturated heterocycles. The van der Waals surface area contributed by atoms with Crippen LogP contribution in [0.1, 0.15) is 25.7 Å². The molecule has 0 spiro atoms. The van der Waals surface area contributed by atoms with E-state index in [2.05, 4.69) is 20.2 Å². The minimum absolute atomic E-state index is 0.00432. The molecule has 1 N–H and O–H groups in total. The first-order valence-electron chi connectivity index (χ1n) is 9.88. The Morgan fingerprint density at radius 2 is 1.92 bits per heavy atom. The van der Waals surface area contributed by atoms with E-state index in [9.17, 15) is 4.79 Å². The maximum absolute atomic E-state index is 12.3. The Labute approximate surface area is 155 Å². The van der Waals surface area contributed by atoms with Crippen LogP contribution in [0.15, 0.2) is 18.6 Å². The SMILES string of the molecule is O=C1COC(CNc2cnccn2)CN1CC1CCN(CC2CC2)CC1. The summed E-state index contributed by atoms with van der Waals surface area (Å²) >= 11 is 0. The molecule has 2 aliphatic heterocycles. The van der Waals surface area contributed by atoms with Crippen molar-refractivity contribution in [3.05, 3.63) is 18.6 Å². The van der Waals surface area contributed by atoms with Gasteiger partial charge in [-0.05, 0) is 50.6 Å². The van der Waals surface area contributed by atoms with Gasteiger partial charge in [-0.2, -0.15) is 0 Å². The lowest BCUT2D eigenvalue weighted by molar-refractivity contribution is -0.149. The second kappa shape index (κ2) is 8.31. The monoisotopic (exact) mass is 359 g/mol. The molecule has 1 atom stereocenters. The third-order valence-corrected chi connectivity index (χ3v) is 5.69. The topological polar surface area (TPSA) is 70.6 Å². The number of aromatic nitrogens is 2. The van der Waals surface area contributed by atoms with Crippen LogP contribution in [-0.2, 0) is 9.53 Å². The summed E-state index contributed by atoms with van der Waals surface area (Å²) in [5, 5.41) is 3.24. The number of rotatable bonds is 7. The van der Waals surface area contributed by atoms with E-state index in [0.717, 1.165) is 18.3 Å². The molecule has 0 bridgehead atoms. The van der Waals surface area contributed by atoms with Gasteiger partial charge in [0.15, 0.2) is 0 Å². The lowest BCUT2D eigenvalue weighted by Crippen LogP contribution is -2.51. The van der Waals surface area contributed by atoms with E-state index in [-0.39, 0.29) is 18.6 Å². The van der Waals surface area contributed by atoms with Crippen LogP contribution in [0.3, 0.4) is 0 Å². The smallest absolute Gasteiger partial charge is 0.248 e. The molecule has 1 saturated carbocycles. The zero-order valence-electron chi connectivity index (χ0n) is 15.3. The Balaban J connectivity index is 1.21. The van der Waals surface area contributed by atoms with Gasteiger partial charge in [-0.15, -0.1) is 0 Å². The van der Waals surface area contributed by atoms with Crippen molar-refractivity contribution >= 4 is 11.7 Å². The highest BCUT2D eigenvalue weighted by atomic mass is 16.5. The van der Waals surface area contributed by atoms with E-state index in [4.69, 9.17) is 4.74 Å². The second-order valence-corrected chi connectivity index (χ2v) is 7.89. The average Bonchev–Trinajstić information content (AvgIpc) is 3.49. The van der Waals surface area contributed by atoms with Gasteiger partial charge in [-0.25, -0.2) is 4.98 Å². The summed E-state index contributed by atoms with van der Waals surface area (Å²) in [4.78, 5) is 25.1. The first kappa shape index (κ1) is 17.7. The van der Waals surface area contributed by atoms with Crippen molar-refractivity contribution in [1.82, 2.24) is 19.8 Å². The number of nitrogens with zero attached hydrogens (tertiary/aromatic N) is 4. The number of carbonyl (C=O) groups is 1. The number of hydrogen-bond donors (Lipinski definition) is 1. The van der Waals surface area contributed by atoms with Crippen molar-refractivity contribution in [3.8, 4) is 0 Å². The van der Waals surface area contributed by atoms with Gasteiger partial charge in [0.2, 0.25) is 5.91 Å². The predicted octanol–water partition coefficient (Wildman–Crippen LogP) is 1.24. The molecule has 0 radical (unpaired) electrons. The minimum Gasteiger partial charge on any atom is -0.366 e. The molecule has 3 fully saturated rings. The summed E-state index contributed by atoms with van der Waals surface area (Å²) in [7, 11) is 0. The number of piperidine rings is 1. The highest BCUT2D eigenvalue weighted by molar-refractivity contribution is 5.78. The largest absolute Gasteiger partial charge is 0.366 e. The van der Waals surface area contributed by atoms with Gasteiger partial charge < -0.3 is 19.9 Å². The fourth-order valence-corrected chi connectivity index (χ4v) is 3.92. The molecule has 7 nitrogen and oxygen atoms in total. The maximum Gasteiger partial charge on any atom is 0.248 e. The summed E-state index contributed by atoms with van der Waals surface area (Å²) < 4.78 is 5.69. The van der Waals surface area contributed by atoms with Crippen LogP contribution in [0.4, 0.5) is 5.82 Å². The van der Waals surface area contributed by atoms with Gasteiger partial charge in [0, 0.05) is 38.6 Å². The first-order chi connectivity index (χ1) is 12.8. The lowest BCUT2D eigenvalue weighted by atomic mass is 9.95. The van der Waals surface area contributed by atoms with Crippen LogP contribution < -0.4 is 5.32 Å². The van der Waals surface area contributed by atoms with Gasteiger partial charge >= 0.3 is 0 Å². The number of hydrogen-bond acceptors (Lipinski definition) is 6. The van der Waals surface area contributed by atoms with E-state index in [1.807, 2.05) is 4.90 Å². The molecule has 142 valence electrons. The summed E-state index contributed by atoms with van der Waals surface area (Å²) in [6.45, 7) is 6.04. The third-order valence-electron chi connectivity index (χ3n) is 5.69. The van der Waals surface area contributed by atoms with Crippen molar-refractivity contribution < 1.29 is 9.53 Å². The molecule has 0 aromatic carbocycles.